The molecule has 82 valence electrons. The molecule has 0 aliphatic rings. The van der Waals surface area contributed by atoms with Crippen molar-refractivity contribution in [2.75, 3.05) is 20.2 Å². The Balaban J connectivity index is 3.00. The normalized spacial score (nSPS) is 10.1. The lowest BCUT2D eigenvalue weighted by Gasteiger charge is -2.20. The van der Waals surface area contributed by atoms with E-state index in [1.165, 1.54) is 11.0 Å². The molecule has 3 N–H and O–H groups in total. The van der Waals surface area contributed by atoms with Crippen molar-refractivity contribution in [2.45, 2.75) is 0 Å². The summed E-state index contributed by atoms with van der Waals surface area (Å²) in [6.45, 7) is 0.171. The van der Waals surface area contributed by atoms with Gasteiger partial charge in [-0.15, -0.1) is 0 Å². The van der Waals surface area contributed by atoms with Crippen LogP contribution in [0, 0.1) is 16.6 Å². The lowest BCUT2D eigenvalue weighted by Crippen LogP contribution is -2.39. The van der Waals surface area contributed by atoms with Crippen LogP contribution in [0.4, 0.5) is 4.39 Å². The molecule has 1 aromatic rings. The van der Waals surface area contributed by atoms with Gasteiger partial charge in [-0.05, 0) is 12.1 Å². The summed E-state index contributed by atoms with van der Waals surface area (Å²) in [5.41, 5.74) is 0.0196. The van der Waals surface area contributed by atoms with Crippen LogP contribution in [0.15, 0.2) is 18.3 Å². The van der Waals surface area contributed by atoms with Crippen molar-refractivity contribution in [1.82, 2.24) is 9.47 Å². The van der Waals surface area contributed by atoms with Crippen LogP contribution in [0.1, 0.15) is 0 Å². The Morgan fingerprint density at radius 3 is 2.87 bits per heavy atom. The van der Waals surface area contributed by atoms with E-state index in [4.69, 9.17) is 15.9 Å². The van der Waals surface area contributed by atoms with E-state index in [0.29, 0.717) is 0 Å². The Morgan fingerprint density at radius 2 is 2.27 bits per heavy atom. The highest BCUT2D eigenvalue weighted by atomic mass is 19.1. The Hall–Kier alpha value is -1.69. The monoisotopic (exact) mass is 212 g/mol. The van der Waals surface area contributed by atoms with Gasteiger partial charge in [0.05, 0.1) is 6.61 Å². The third kappa shape index (κ3) is 2.63. The zero-order chi connectivity index (χ0) is 11.4. The molecule has 0 aliphatic heterocycles. The topological polar surface area (TPSA) is 76.1 Å². The molecular formula is C9H13FN4O. The highest BCUT2D eigenvalue weighted by molar-refractivity contribution is 5.78. The van der Waals surface area contributed by atoms with Gasteiger partial charge in [0.25, 0.3) is 0 Å². The maximum Gasteiger partial charge on any atom is 0.203 e. The first-order chi connectivity index (χ1) is 7.06. The fourth-order valence-corrected chi connectivity index (χ4v) is 1.09. The molecule has 0 unspecified atom stereocenters. The number of halogens is 1. The Kier molecular flexibility index (Phi) is 3.56. The van der Waals surface area contributed by atoms with E-state index in [-0.39, 0.29) is 24.6 Å². The van der Waals surface area contributed by atoms with Crippen LogP contribution < -0.4 is 5.49 Å². The van der Waals surface area contributed by atoms with Gasteiger partial charge in [0.15, 0.2) is 0 Å². The van der Waals surface area contributed by atoms with Crippen molar-refractivity contribution < 1.29 is 9.50 Å². The number of aromatic nitrogens is 1. The molecule has 0 saturated heterocycles. The smallest absolute Gasteiger partial charge is 0.203 e. The molecular weight excluding hydrogens is 199 g/mol. The predicted molar refractivity (Wildman–Crippen MR) is 53.1 cm³/mol. The molecule has 0 aromatic carbocycles. The molecule has 0 bridgehead atoms. The van der Waals surface area contributed by atoms with Crippen LogP contribution in [-0.4, -0.2) is 40.7 Å². The molecule has 1 heterocycles. The van der Waals surface area contributed by atoms with Crippen LogP contribution in [0.25, 0.3) is 0 Å². The van der Waals surface area contributed by atoms with Crippen molar-refractivity contribution in [3.8, 4) is 0 Å². The Bertz CT molecular complexity index is 415. The average molecular weight is 212 g/mol. The average Bonchev–Trinajstić information content (AvgIpc) is 2.21. The molecule has 0 amide bonds. The number of likely N-dealkylation sites (N-methyl/N-ethyl adjacent to an activating group) is 1. The molecule has 1 rings (SSSR count). The first-order valence-corrected chi connectivity index (χ1v) is 4.40. The van der Waals surface area contributed by atoms with Crippen LogP contribution in [0.3, 0.4) is 0 Å². The summed E-state index contributed by atoms with van der Waals surface area (Å²) < 4.78 is 14.0. The maximum atomic E-state index is 12.9. The second kappa shape index (κ2) is 4.70. The van der Waals surface area contributed by atoms with Crippen LogP contribution in [-0.2, 0) is 0 Å². The van der Waals surface area contributed by atoms with E-state index in [9.17, 15) is 4.39 Å². The third-order valence-electron chi connectivity index (χ3n) is 1.94. The molecule has 15 heavy (non-hydrogen) atoms. The van der Waals surface area contributed by atoms with Gasteiger partial charge in [-0.2, -0.15) is 0 Å². The largest absolute Gasteiger partial charge is 0.395 e. The molecule has 0 saturated carbocycles. The third-order valence-corrected chi connectivity index (χ3v) is 1.94. The second-order valence-electron chi connectivity index (χ2n) is 3.07. The molecule has 1 aromatic heterocycles. The van der Waals surface area contributed by atoms with Gasteiger partial charge < -0.3 is 10.0 Å². The van der Waals surface area contributed by atoms with Crippen LogP contribution in [0.2, 0.25) is 0 Å². The van der Waals surface area contributed by atoms with E-state index in [0.717, 1.165) is 16.8 Å². The van der Waals surface area contributed by atoms with Gasteiger partial charge in [-0.25, -0.2) is 4.39 Å². The summed E-state index contributed by atoms with van der Waals surface area (Å²) in [5, 5.41) is 23.8. The van der Waals surface area contributed by atoms with E-state index in [2.05, 4.69) is 0 Å². The maximum absolute atomic E-state index is 12.9. The van der Waals surface area contributed by atoms with Crippen molar-refractivity contribution in [2.24, 2.45) is 0 Å². The van der Waals surface area contributed by atoms with E-state index >= 15 is 0 Å². The van der Waals surface area contributed by atoms with Crippen LogP contribution in [0.5, 0.6) is 0 Å². The first kappa shape index (κ1) is 11.4. The van der Waals surface area contributed by atoms with Gasteiger partial charge in [-0.3, -0.25) is 15.4 Å². The van der Waals surface area contributed by atoms with Crippen LogP contribution >= 0.6 is 0 Å². The second-order valence-corrected chi connectivity index (χ2v) is 3.07. The molecule has 0 spiro atoms. The molecule has 6 heteroatoms. The molecule has 0 aliphatic carbocycles. The lowest BCUT2D eigenvalue weighted by molar-refractivity contribution is 0.261. The molecule has 0 atom stereocenters. The number of pyridine rings is 1. The fourth-order valence-electron chi connectivity index (χ4n) is 1.09. The van der Waals surface area contributed by atoms with Gasteiger partial charge in [0, 0.05) is 19.8 Å². The van der Waals surface area contributed by atoms with Crippen molar-refractivity contribution in [1.29, 1.82) is 10.8 Å². The summed E-state index contributed by atoms with van der Waals surface area (Å²) in [6, 6.07) is 2.44. The number of rotatable bonds is 2. The lowest BCUT2D eigenvalue weighted by atomic mass is 10.4. The van der Waals surface area contributed by atoms with E-state index in [1.54, 1.807) is 7.05 Å². The minimum atomic E-state index is -0.506. The van der Waals surface area contributed by atoms with Crippen molar-refractivity contribution in [3.05, 3.63) is 29.6 Å². The fraction of sp³-hybridized carbons (Fsp3) is 0.333. The summed E-state index contributed by atoms with van der Waals surface area (Å²) in [4.78, 5) is 1.43. The first-order valence-electron chi connectivity index (χ1n) is 4.40. The zero-order valence-electron chi connectivity index (χ0n) is 8.37. The number of nitrogens with zero attached hydrogens (tertiary/aromatic N) is 2. The highest BCUT2D eigenvalue weighted by Gasteiger charge is 2.07. The van der Waals surface area contributed by atoms with Gasteiger partial charge in [0.1, 0.15) is 11.3 Å². The Morgan fingerprint density at radius 1 is 1.60 bits per heavy atom. The number of nitrogens with one attached hydrogen (secondary N) is 2. The minimum absolute atomic E-state index is 0.0196. The standard InChI is InChI=1S/C9H13FN4O/c1-13(4-5-15)9(12)14-6-7(10)2-3-8(14)11/h2-3,6,11-12,15H,4-5H2,1H3. The van der Waals surface area contributed by atoms with E-state index < -0.39 is 5.82 Å². The number of hydrogen-bond acceptors (Lipinski definition) is 3. The van der Waals surface area contributed by atoms with Crippen molar-refractivity contribution in [3.63, 3.8) is 0 Å². The zero-order valence-corrected chi connectivity index (χ0v) is 8.37. The van der Waals surface area contributed by atoms with Gasteiger partial charge in [0.2, 0.25) is 5.96 Å². The number of hydrogen-bond donors (Lipinski definition) is 3. The summed E-state index contributed by atoms with van der Waals surface area (Å²) in [5.74, 6) is -0.554. The Labute approximate surface area is 86.4 Å². The summed E-state index contributed by atoms with van der Waals surface area (Å²) in [7, 11) is 1.59. The van der Waals surface area contributed by atoms with E-state index in [1.807, 2.05) is 0 Å². The van der Waals surface area contributed by atoms with Gasteiger partial charge in [-0.1, -0.05) is 0 Å². The summed E-state index contributed by atoms with van der Waals surface area (Å²) in [6.07, 6.45) is 1.07. The van der Waals surface area contributed by atoms with Crippen molar-refractivity contribution >= 4 is 5.96 Å². The molecule has 5 nitrogen and oxygen atoms in total. The molecule has 0 radical (unpaired) electrons. The number of aliphatic hydroxyl groups excluding tert-OH is 1. The summed E-state index contributed by atoms with van der Waals surface area (Å²) >= 11 is 0. The number of aliphatic hydroxyl groups is 1. The van der Waals surface area contributed by atoms with Gasteiger partial charge >= 0.3 is 0 Å². The minimum Gasteiger partial charge on any atom is -0.395 e. The quantitative estimate of drug-likeness (QED) is 0.469. The predicted octanol–water partition coefficient (Wildman–Crippen LogP) is -0.186. The highest BCUT2D eigenvalue weighted by Crippen LogP contribution is 1.93. The SMILES string of the molecule is CN(CCO)C(=N)n1cc(F)ccc1=N. The molecule has 0 fully saturated rings.